The first-order valence-electron chi connectivity index (χ1n) is 7.42. The van der Waals surface area contributed by atoms with E-state index in [4.69, 9.17) is 4.74 Å². The average molecular weight is 311 g/mol. The van der Waals surface area contributed by atoms with Gasteiger partial charge in [-0.2, -0.15) is 0 Å². The molecule has 2 rings (SSSR count). The van der Waals surface area contributed by atoms with E-state index in [1.165, 1.54) is 32.1 Å². The van der Waals surface area contributed by atoms with Crippen molar-refractivity contribution in [1.29, 1.82) is 0 Å². The van der Waals surface area contributed by atoms with E-state index < -0.39 is 0 Å². The maximum atomic E-state index is 11.9. The molecule has 1 N–H and O–H groups in total. The van der Waals surface area contributed by atoms with Crippen LogP contribution in [0.15, 0.2) is 24.3 Å². The molecule has 0 unspecified atom stereocenters. The van der Waals surface area contributed by atoms with Gasteiger partial charge in [0.05, 0.1) is 7.11 Å². The molecule has 22 heavy (non-hydrogen) atoms. The fourth-order valence-electron chi connectivity index (χ4n) is 2.61. The monoisotopic (exact) mass is 311 g/mol. The van der Waals surface area contributed by atoms with Crippen LogP contribution in [0.1, 0.15) is 38.2 Å². The van der Waals surface area contributed by atoms with Gasteiger partial charge < -0.3 is 15.2 Å². The molecular weight excluding hydrogens is 289 g/mol. The Morgan fingerprint density at radius 2 is 2.00 bits per heavy atom. The molecule has 1 aliphatic rings. The van der Waals surface area contributed by atoms with Gasteiger partial charge in [0.15, 0.2) is 0 Å². The molecule has 4 nitrogen and oxygen atoms in total. The molecule has 0 saturated heterocycles. The van der Waals surface area contributed by atoms with E-state index in [-0.39, 0.29) is 47.3 Å². The first-order chi connectivity index (χ1) is 10.1. The molecule has 0 bridgehead atoms. The van der Waals surface area contributed by atoms with Gasteiger partial charge in [-0.25, -0.2) is 0 Å². The number of carbonyl (C=O) groups excluding carboxylic acids is 1. The summed E-state index contributed by atoms with van der Waals surface area (Å²) in [6.07, 6.45) is 7.67. The van der Waals surface area contributed by atoms with Gasteiger partial charge in [0, 0.05) is 12.1 Å². The van der Waals surface area contributed by atoms with Gasteiger partial charge in [0.25, 0.3) is 0 Å². The minimum absolute atomic E-state index is 0. The number of hydrogen-bond donors (Lipinski definition) is 1. The Morgan fingerprint density at radius 1 is 1.32 bits per heavy atom. The average Bonchev–Trinajstić information content (AvgIpc) is 2.49. The van der Waals surface area contributed by atoms with Crippen LogP contribution in [-0.4, -0.2) is 19.1 Å². The van der Waals surface area contributed by atoms with Gasteiger partial charge in [-0.05, 0) is 49.3 Å². The Morgan fingerprint density at radius 3 is 2.64 bits per heavy atom. The van der Waals surface area contributed by atoms with Crippen LogP contribution < -0.4 is 44.7 Å². The van der Waals surface area contributed by atoms with Crippen LogP contribution in [0.2, 0.25) is 0 Å². The normalized spacial score (nSPS) is 21.2. The first-order valence-corrected chi connectivity index (χ1v) is 7.42. The predicted molar refractivity (Wildman–Crippen MR) is 81.0 cm³/mol. The number of amides is 1. The number of ether oxygens (including phenoxy) is 1. The van der Waals surface area contributed by atoms with Crippen molar-refractivity contribution in [2.45, 2.75) is 38.6 Å². The Labute approximate surface area is 154 Å². The Bertz CT molecular complexity index is 523. The van der Waals surface area contributed by atoms with Crippen molar-refractivity contribution in [3.05, 3.63) is 29.8 Å². The predicted octanol–water partition coefficient (Wildman–Crippen LogP) is -0.519. The second kappa shape index (κ2) is 9.23. The van der Waals surface area contributed by atoms with E-state index >= 15 is 0 Å². The second-order valence-electron chi connectivity index (χ2n) is 5.71. The quantitative estimate of drug-likeness (QED) is 0.601. The molecular formula is C17H22NNaO3. The van der Waals surface area contributed by atoms with Gasteiger partial charge >= 0.3 is 29.6 Å². The van der Waals surface area contributed by atoms with Crippen LogP contribution in [0.4, 0.5) is 0 Å². The third-order valence-corrected chi connectivity index (χ3v) is 3.98. The summed E-state index contributed by atoms with van der Waals surface area (Å²) in [5.41, 5.74) is 0.777. The van der Waals surface area contributed by atoms with Gasteiger partial charge in [-0.15, -0.1) is 0 Å². The molecule has 1 aromatic rings. The van der Waals surface area contributed by atoms with Crippen molar-refractivity contribution in [3.8, 4) is 11.5 Å². The van der Waals surface area contributed by atoms with Crippen LogP contribution in [0, 0.1) is 5.92 Å². The van der Waals surface area contributed by atoms with Crippen LogP contribution in [0.5, 0.6) is 11.5 Å². The van der Waals surface area contributed by atoms with E-state index in [0.29, 0.717) is 5.75 Å². The molecule has 1 saturated carbocycles. The first kappa shape index (κ1) is 19.1. The third kappa shape index (κ3) is 5.67. The van der Waals surface area contributed by atoms with Gasteiger partial charge in [-0.3, -0.25) is 4.79 Å². The Balaban J connectivity index is 0.00000242. The van der Waals surface area contributed by atoms with Crippen molar-refractivity contribution in [2.24, 2.45) is 5.92 Å². The Kier molecular flexibility index (Phi) is 8.01. The molecule has 1 amide bonds. The van der Waals surface area contributed by atoms with Crippen LogP contribution >= 0.6 is 0 Å². The largest absolute Gasteiger partial charge is 1.00 e. The number of carbonyl (C=O) groups is 1. The van der Waals surface area contributed by atoms with Crippen molar-refractivity contribution >= 4 is 12.0 Å². The molecule has 0 atom stereocenters. The SMILES string of the molecule is COc1cc(/C=C/C(=O)N[C@H]2CC[C@@H](C)CC2)ccc1[O-].[Na+]. The summed E-state index contributed by atoms with van der Waals surface area (Å²) in [4.78, 5) is 11.9. The molecule has 1 aromatic carbocycles. The maximum Gasteiger partial charge on any atom is 1.00 e. The molecule has 5 heteroatoms. The second-order valence-corrected chi connectivity index (χ2v) is 5.71. The molecule has 0 aromatic heterocycles. The maximum absolute atomic E-state index is 11.9. The molecule has 0 aliphatic heterocycles. The number of benzene rings is 1. The molecule has 114 valence electrons. The summed E-state index contributed by atoms with van der Waals surface area (Å²) >= 11 is 0. The summed E-state index contributed by atoms with van der Waals surface area (Å²) in [5.74, 6) is 0.820. The number of nitrogens with one attached hydrogen (secondary N) is 1. The van der Waals surface area contributed by atoms with Gasteiger partial charge in [-0.1, -0.05) is 24.8 Å². The number of hydrogen-bond acceptors (Lipinski definition) is 3. The van der Waals surface area contributed by atoms with Crippen LogP contribution in [0.3, 0.4) is 0 Å². The molecule has 0 spiro atoms. The van der Waals surface area contributed by atoms with E-state index in [1.54, 1.807) is 18.2 Å². The standard InChI is InChI=1S/C17H23NO3.Na/c1-12-3-7-14(8-4-12)18-17(20)10-6-13-5-9-15(19)16(11-13)21-2;/h5-6,9-12,14,19H,3-4,7-8H2,1-2H3,(H,18,20);/q;+1/p-1/b10-6+;/t12-,14+;. The minimum Gasteiger partial charge on any atom is -0.870 e. The third-order valence-electron chi connectivity index (χ3n) is 3.98. The van der Waals surface area contributed by atoms with Crippen molar-refractivity contribution < 1.29 is 44.2 Å². The zero-order chi connectivity index (χ0) is 15.2. The summed E-state index contributed by atoms with van der Waals surface area (Å²) in [6, 6.07) is 5.04. The molecule has 0 heterocycles. The summed E-state index contributed by atoms with van der Waals surface area (Å²) in [5, 5.41) is 14.4. The fourth-order valence-corrected chi connectivity index (χ4v) is 2.61. The minimum atomic E-state index is -0.157. The smallest absolute Gasteiger partial charge is 0.870 e. The fraction of sp³-hybridized carbons (Fsp3) is 0.471. The summed E-state index contributed by atoms with van der Waals surface area (Å²) < 4.78 is 4.98. The molecule has 0 radical (unpaired) electrons. The van der Waals surface area contributed by atoms with Crippen LogP contribution in [-0.2, 0) is 4.79 Å². The van der Waals surface area contributed by atoms with Crippen LogP contribution in [0.25, 0.3) is 6.08 Å². The van der Waals surface area contributed by atoms with Gasteiger partial charge in [0.2, 0.25) is 5.91 Å². The zero-order valence-corrected chi connectivity index (χ0v) is 15.6. The van der Waals surface area contributed by atoms with Gasteiger partial charge in [0.1, 0.15) is 5.75 Å². The van der Waals surface area contributed by atoms with Crippen molar-refractivity contribution in [3.63, 3.8) is 0 Å². The summed E-state index contributed by atoms with van der Waals surface area (Å²) in [7, 11) is 1.46. The zero-order valence-electron chi connectivity index (χ0n) is 13.6. The van der Waals surface area contributed by atoms with E-state index in [0.717, 1.165) is 24.3 Å². The summed E-state index contributed by atoms with van der Waals surface area (Å²) in [6.45, 7) is 2.25. The van der Waals surface area contributed by atoms with E-state index in [1.807, 2.05) is 0 Å². The van der Waals surface area contributed by atoms with E-state index in [9.17, 15) is 9.90 Å². The van der Waals surface area contributed by atoms with Crippen molar-refractivity contribution in [2.75, 3.05) is 7.11 Å². The van der Waals surface area contributed by atoms with E-state index in [2.05, 4.69) is 12.2 Å². The molecule has 1 fully saturated rings. The molecule has 1 aliphatic carbocycles. The van der Waals surface area contributed by atoms with Crippen molar-refractivity contribution in [1.82, 2.24) is 5.32 Å². The number of methoxy groups -OCH3 is 1. The Hall–Kier alpha value is -0.970. The number of rotatable bonds is 4. The topological polar surface area (TPSA) is 61.4 Å².